The Hall–Kier alpha value is -1.81. The van der Waals surface area contributed by atoms with E-state index >= 15 is 0 Å². The highest BCUT2D eigenvalue weighted by molar-refractivity contribution is 5.76. The van der Waals surface area contributed by atoms with Crippen molar-refractivity contribution in [2.75, 3.05) is 7.11 Å². The maximum atomic E-state index is 10.9. The molecule has 0 radical (unpaired) electrons. The van der Waals surface area contributed by atoms with Crippen LogP contribution in [-0.2, 0) is 0 Å². The first kappa shape index (κ1) is 10.3. The number of rotatable bonds is 0. The molecule has 0 aliphatic carbocycles. The average molecular weight is 191 g/mol. The van der Waals surface area contributed by atoms with Crippen molar-refractivity contribution < 1.29 is 9.65 Å². The molecule has 0 spiro atoms. The second kappa shape index (κ2) is 5.04. The summed E-state index contributed by atoms with van der Waals surface area (Å²) in [6, 6.07) is 11.0. The number of hydrogen-bond acceptors (Lipinski definition) is 3. The van der Waals surface area contributed by atoms with E-state index in [0.29, 0.717) is 10.1 Å². The Morgan fingerprint density at radius 1 is 1.14 bits per heavy atom. The molecule has 4 nitrogen and oxygen atoms in total. The van der Waals surface area contributed by atoms with Crippen LogP contribution in [0.3, 0.4) is 0 Å². The standard InChI is InChI=1S/C9H7N2O.CH4O/c12-11-7-3-5-8-4-1-2-6-9(8)10-11;1-2/h1-7H;2H,1H3/q+1;. The predicted molar refractivity (Wildman–Crippen MR) is 53.3 cm³/mol. The van der Waals surface area contributed by atoms with E-state index in [1.807, 2.05) is 30.3 Å². The van der Waals surface area contributed by atoms with Crippen molar-refractivity contribution in [2.45, 2.75) is 0 Å². The lowest BCUT2D eigenvalue weighted by molar-refractivity contribution is -0.560. The van der Waals surface area contributed by atoms with Gasteiger partial charge in [0.25, 0.3) is 6.20 Å². The number of aliphatic hydroxyl groups excluding tert-OH is 1. The molecule has 1 aromatic heterocycles. The van der Waals surface area contributed by atoms with Crippen LogP contribution in [0.15, 0.2) is 42.6 Å². The molecular formula is C10H11N2O2+. The van der Waals surface area contributed by atoms with Gasteiger partial charge in [0.15, 0.2) is 4.54 Å². The molecule has 72 valence electrons. The van der Waals surface area contributed by atoms with E-state index in [1.165, 1.54) is 6.20 Å². The van der Waals surface area contributed by atoms with Gasteiger partial charge in [0.2, 0.25) is 0 Å². The zero-order valence-corrected chi connectivity index (χ0v) is 7.79. The van der Waals surface area contributed by atoms with Crippen molar-refractivity contribution in [3.8, 4) is 0 Å². The van der Waals surface area contributed by atoms with Gasteiger partial charge in [-0.2, -0.15) is 0 Å². The summed E-state index contributed by atoms with van der Waals surface area (Å²) in [7, 11) is 1.00. The van der Waals surface area contributed by atoms with Crippen molar-refractivity contribution in [3.63, 3.8) is 0 Å². The molecule has 0 atom stereocenters. The Balaban J connectivity index is 0.000000461. The molecule has 1 aromatic carbocycles. The predicted octanol–water partition coefficient (Wildman–Crippen LogP) is 0.758. The lowest BCUT2D eigenvalue weighted by Gasteiger charge is -1.82. The second-order valence-electron chi connectivity index (χ2n) is 2.47. The lowest BCUT2D eigenvalue weighted by Crippen LogP contribution is -2.14. The van der Waals surface area contributed by atoms with E-state index in [0.717, 1.165) is 12.5 Å². The van der Waals surface area contributed by atoms with E-state index in [4.69, 9.17) is 5.11 Å². The van der Waals surface area contributed by atoms with Gasteiger partial charge < -0.3 is 5.11 Å². The average Bonchev–Trinajstić information content (AvgIpc) is 2.41. The largest absolute Gasteiger partial charge is 0.400 e. The summed E-state index contributed by atoms with van der Waals surface area (Å²) >= 11 is 0. The molecule has 0 aliphatic rings. The summed E-state index contributed by atoms with van der Waals surface area (Å²) in [5.74, 6) is 0. The van der Waals surface area contributed by atoms with Gasteiger partial charge in [-0.3, -0.25) is 0 Å². The fourth-order valence-corrected chi connectivity index (χ4v) is 1.08. The number of nitrogens with zero attached hydrogens (tertiary/aromatic N) is 2. The van der Waals surface area contributed by atoms with Crippen LogP contribution in [0.25, 0.3) is 10.9 Å². The van der Waals surface area contributed by atoms with Crippen LogP contribution in [0.1, 0.15) is 0 Å². The lowest BCUT2D eigenvalue weighted by atomic mass is 10.2. The first-order valence-corrected chi connectivity index (χ1v) is 4.09. The zero-order chi connectivity index (χ0) is 10.4. The first-order chi connectivity index (χ1) is 6.86. The molecule has 14 heavy (non-hydrogen) atoms. The molecule has 2 aromatic rings. The molecule has 0 unspecified atom stereocenters. The summed E-state index contributed by atoms with van der Waals surface area (Å²) in [5.41, 5.74) is 0.706. The summed E-state index contributed by atoms with van der Waals surface area (Å²) in [6.07, 6.45) is 1.38. The van der Waals surface area contributed by atoms with Gasteiger partial charge in [0.1, 0.15) is 5.52 Å². The van der Waals surface area contributed by atoms with E-state index in [9.17, 15) is 4.91 Å². The van der Waals surface area contributed by atoms with Crippen molar-refractivity contribution in [2.24, 2.45) is 0 Å². The van der Waals surface area contributed by atoms with Gasteiger partial charge in [-0.25, -0.2) is 0 Å². The molecule has 2 rings (SSSR count). The van der Waals surface area contributed by atoms with Crippen molar-refractivity contribution in [1.82, 2.24) is 5.10 Å². The summed E-state index contributed by atoms with van der Waals surface area (Å²) in [4.78, 5) is 10.9. The third kappa shape index (κ3) is 2.34. The molecule has 0 fully saturated rings. The second-order valence-corrected chi connectivity index (χ2v) is 2.47. The van der Waals surface area contributed by atoms with Gasteiger partial charge in [0.05, 0.1) is 10.0 Å². The van der Waals surface area contributed by atoms with E-state index in [-0.39, 0.29) is 0 Å². The van der Waals surface area contributed by atoms with Gasteiger partial charge in [-0.05, 0) is 12.1 Å². The number of aromatic nitrogens is 2. The molecular weight excluding hydrogens is 180 g/mol. The fourth-order valence-electron chi connectivity index (χ4n) is 1.08. The quantitative estimate of drug-likeness (QED) is 0.625. The van der Waals surface area contributed by atoms with Crippen LogP contribution in [0.5, 0.6) is 0 Å². The molecule has 0 aliphatic heterocycles. The minimum atomic E-state index is 0.558. The Kier molecular flexibility index (Phi) is 3.69. The maximum absolute atomic E-state index is 10.9. The van der Waals surface area contributed by atoms with Crippen molar-refractivity contribution >= 4 is 10.9 Å². The Bertz CT molecular complexity index is 471. The van der Waals surface area contributed by atoms with Gasteiger partial charge >= 0.3 is 0 Å². The van der Waals surface area contributed by atoms with Crippen LogP contribution in [0.2, 0.25) is 0 Å². The maximum Gasteiger partial charge on any atom is 0.260 e. The van der Waals surface area contributed by atoms with Crippen LogP contribution in [0, 0.1) is 4.91 Å². The fraction of sp³-hybridized carbons (Fsp3) is 0.100. The number of hydrogen-bond donors (Lipinski definition) is 1. The Morgan fingerprint density at radius 3 is 2.57 bits per heavy atom. The monoisotopic (exact) mass is 191 g/mol. The zero-order valence-electron chi connectivity index (χ0n) is 7.79. The van der Waals surface area contributed by atoms with E-state index < -0.39 is 0 Å². The van der Waals surface area contributed by atoms with Gasteiger partial charge in [-0.15, -0.1) is 0 Å². The van der Waals surface area contributed by atoms with Gasteiger partial charge in [0, 0.05) is 18.6 Å². The normalized spacial score (nSPS) is 9.00. The molecule has 0 bridgehead atoms. The number of benzene rings is 1. The minimum Gasteiger partial charge on any atom is -0.400 e. The molecule has 1 N–H and O–H groups in total. The van der Waals surface area contributed by atoms with Crippen LogP contribution >= 0.6 is 0 Å². The van der Waals surface area contributed by atoms with Crippen molar-refractivity contribution in [1.29, 1.82) is 0 Å². The van der Waals surface area contributed by atoms with Crippen LogP contribution in [0.4, 0.5) is 0 Å². The Labute approximate surface area is 81.1 Å². The van der Waals surface area contributed by atoms with Crippen LogP contribution in [-0.4, -0.2) is 17.3 Å². The van der Waals surface area contributed by atoms with Crippen molar-refractivity contribution in [3.05, 3.63) is 47.5 Å². The van der Waals surface area contributed by atoms with Crippen LogP contribution < -0.4 is 4.54 Å². The Morgan fingerprint density at radius 2 is 1.79 bits per heavy atom. The molecule has 0 saturated heterocycles. The molecule has 0 amide bonds. The minimum absolute atomic E-state index is 0.558. The van der Waals surface area contributed by atoms with E-state index in [1.54, 1.807) is 6.07 Å². The highest BCUT2D eigenvalue weighted by atomic mass is 16.3. The number of fused-ring (bicyclic) bond motifs is 1. The highest BCUT2D eigenvalue weighted by Crippen LogP contribution is 2.05. The van der Waals surface area contributed by atoms with Gasteiger partial charge in [-0.1, -0.05) is 18.2 Å². The topological polar surface area (TPSA) is 56.1 Å². The SMILES string of the molecule is CO.O=[n+]1cccc2ccccc2n1. The smallest absolute Gasteiger partial charge is 0.260 e. The summed E-state index contributed by atoms with van der Waals surface area (Å²) in [6.45, 7) is 0. The first-order valence-electron chi connectivity index (χ1n) is 4.09. The molecule has 0 saturated carbocycles. The third-order valence-corrected chi connectivity index (χ3v) is 1.63. The molecule has 4 heteroatoms. The summed E-state index contributed by atoms with van der Waals surface area (Å²) in [5, 5.41) is 11.8. The molecule has 1 heterocycles. The third-order valence-electron chi connectivity index (χ3n) is 1.63. The summed E-state index contributed by atoms with van der Waals surface area (Å²) < 4.78 is 0.558. The highest BCUT2D eigenvalue weighted by Gasteiger charge is 1.95. The van der Waals surface area contributed by atoms with E-state index in [2.05, 4.69) is 5.10 Å². The number of aliphatic hydroxyl groups is 1.